The number of nitrogens with one attached hydrogen (secondary N) is 1. The fraction of sp³-hybridized carbons (Fsp3) is 0.125. The minimum absolute atomic E-state index is 0.129. The third-order valence-corrected chi connectivity index (χ3v) is 1.77. The van der Waals surface area contributed by atoms with E-state index in [2.05, 4.69) is 10.3 Å². The third kappa shape index (κ3) is 1.05. The van der Waals surface area contributed by atoms with Gasteiger partial charge in [0.05, 0.1) is 12.7 Å². The van der Waals surface area contributed by atoms with Gasteiger partial charge in [0, 0.05) is 6.07 Å². The normalized spacial score (nSPS) is 13.9. The Kier molecular flexibility index (Phi) is 1.51. The van der Waals surface area contributed by atoms with Gasteiger partial charge in [0.25, 0.3) is 11.8 Å². The second kappa shape index (κ2) is 2.55. The smallest absolute Gasteiger partial charge is 0.277 e. The highest BCUT2D eigenvalue weighted by Crippen LogP contribution is 2.16. The van der Waals surface area contributed by atoms with E-state index in [9.17, 15) is 9.59 Å². The molecule has 1 aromatic heterocycles. The topological polar surface area (TPSA) is 68.3 Å². The van der Waals surface area contributed by atoms with E-state index in [0.717, 1.165) is 0 Å². The number of methoxy groups -OCH3 is 1. The first-order valence-corrected chi connectivity index (χ1v) is 3.63. The molecule has 0 atom stereocenters. The summed E-state index contributed by atoms with van der Waals surface area (Å²) in [4.78, 5) is 26.0. The van der Waals surface area contributed by atoms with Crippen LogP contribution in [-0.4, -0.2) is 23.9 Å². The molecular weight excluding hydrogens is 172 g/mol. The molecule has 0 aromatic carbocycles. The summed E-state index contributed by atoms with van der Waals surface area (Å²) in [6.07, 6.45) is 0. The van der Waals surface area contributed by atoms with Crippen molar-refractivity contribution in [2.75, 3.05) is 7.11 Å². The maximum absolute atomic E-state index is 11.1. The van der Waals surface area contributed by atoms with E-state index in [0.29, 0.717) is 11.4 Å². The molecule has 0 saturated carbocycles. The lowest BCUT2D eigenvalue weighted by atomic mass is 10.2. The van der Waals surface area contributed by atoms with Crippen molar-refractivity contribution in [3.8, 4) is 5.88 Å². The average Bonchev–Trinajstić information content (AvgIpc) is 2.42. The van der Waals surface area contributed by atoms with Crippen molar-refractivity contribution in [3.63, 3.8) is 0 Å². The molecule has 1 aromatic rings. The summed E-state index contributed by atoms with van der Waals surface area (Å²) < 4.78 is 4.82. The van der Waals surface area contributed by atoms with Gasteiger partial charge in [0.15, 0.2) is 0 Å². The van der Waals surface area contributed by atoms with Crippen molar-refractivity contribution in [3.05, 3.63) is 23.4 Å². The number of amides is 2. The first-order valence-electron chi connectivity index (χ1n) is 3.63. The fourth-order valence-corrected chi connectivity index (χ4v) is 1.14. The zero-order valence-electron chi connectivity index (χ0n) is 6.83. The standard InChI is InChI=1S/C8H6N2O3/c1-13-5-3-2-4-6(9-5)8(12)10-7(4)11/h2-3H,1H3,(H,10,11,12). The van der Waals surface area contributed by atoms with E-state index in [1.54, 1.807) is 0 Å². The number of carbonyl (C=O) groups excluding carboxylic acids is 2. The molecule has 66 valence electrons. The summed E-state index contributed by atoms with van der Waals surface area (Å²) in [5.41, 5.74) is 0.426. The monoisotopic (exact) mass is 178 g/mol. The molecule has 5 heteroatoms. The van der Waals surface area contributed by atoms with Crippen molar-refractivity contribution in [1.82, 2.24) is 10.3 Å². The molecule has 5 nitrogen and oxygen atoms in total. The van der Waals surface area contributed by atoms with Crippen LogP contribution < -0.4 is 10.1 Å². The van der Waals surface area contributed by atoms with Crippen molar-refractivity contribution in [1.29, 1.82) is 0 Å². The molecule has 0 fully saturated rings. The van der Waals surface area contributed by atoms with E-state index < -0.39 is 11.8 Å². The molecule has 0 spiro atoms. The lowest BCUT2D eigenvalue weighted by Gasteiger charge is -1.98. The Hall–Kier alpha value is -1.91. The van der Waals surface area contributed by atoms with E-state index in [-0.39, 0.29) is 5.69 Å². The Bertz CT molecular complexity index is 400. The number of ether oxygens (including phenoxy) is 1. The van der Waals surface area contributed by atoms with E-state index in [4.69, 9.17) is 4.74 Å². The van der Waals surface area contributed by atoms with Crippen LogP contribution in [0, 0.1) is 0 Å². The van der Waals surface area contributed by atoms with Gasteiger partial charge in [-0.15, -0.1) is 0 Å². The van der Waals surface area contributed by atoms with Crippen LogP contribution in [0.1, 0.15) is 20.8 Å². The Morgan fingerprint density at radius 1 is 1.31 bits per heavy atom. The molecule has 1 aliphatic rings. The van der Waals surface area contributed by atoms with Crippen LogP contribution in [0.3, 0.4) is 0 Å². The number of nitrogens with zero attached hydrogens (tertiary/aromatic N) is 1. The zero-order chi connectivity index (χ0) is 9.42. The van der Waals surface area contributed by atoms with Gasteiger partial charge in [-0.3, -0.25) is 14.9 Å². The number of fused-ring (bicyclic) bond motifs is 1. The number of aromatic nitrogens is 1. The molecular formula is C8H6N2O3. The van der Waals surface area contributed by atoms with Gasteiger partial charge in [-0.05, 0) is 6.07 Å². The van der Waals surface area contributed by atoms with Gasteiger partial charge < -0.3 is 4.74 Å². The average molecular weight is 178 g/mol. The quantitative estimate of drug-likeness (QED) is 0.613. The number of rotatable bonds is 1. The molecule has 1 aliphatic heterocycles. The first kappa shape index (κ1) is 7.72. The maximum Gasteiger partial charge on any atom is 0.277 e. The highest BCUT2D eigenvalue weighted by Gasteiger charge is 2.28. The zero-order valence-corrected chi connectivity index (χ0v) is 6.83. The van der Waals surface area contributed by atoms with Gasteiger partial charge in [-0.25, -0.2) is 4.98 Å². The van der Waals surface area contributed by atoms with Crippen LogP contribution in [0.2, 0.25) is 0 Å². The van der Waals surface area contributed by atoms with E-state index >= 15 is 0 Å². The molecule has 2 amide bonds. The van der Waals surface area contributed by atoms with Crippen LogP contribution in [0.4, 0.5) is 0 Å². The largest absolute Gasteiger partial charge is 0.481 e. The number of pyridine rings is 1. The Morgan fingerprint density at radius 2 is 2.08 bits per heavy atom. The SMILES string of the molecule is COc1ccc2c(n1)C(=O)NC2=O. The molecule has 13 heavy (non-hydrogen) atoms. The Labute approximate surface area is 73.7 Å². The summed E-state index contributed by atoms with van der Waals surface area (Å²) >= 11 is 0. The molecule has 0 saturated heterocycles. The Morgan fingerprint density at radius 3 is 2.77 bits per heavy atom. The van der Waals surface area contributed by atoms with Crippen LogP contribution in [0.25, 0.3) is 0 Å². The molecule has 2 rings (SSSR count). The summed E-state index contributed by atoms with van der Waals surface area (Å²) in [5.74, 6) is -0.558. The minimum Gasteiger partial charge on any atom is -0.481 e. The van der Waals surface area contributed by atoms with Crippen LogP contribution in [0.5, 0.6) is 5.88 Å². The lowest BCUT2D eigenvalue weighted by Crippen LogP contribution is -2.20. The van der Waals surface area contributed by atoms with Crippen molar-refractivity contribution < 1.29 is 14.3 Å². The fourth-order valence-electron chi connectivity index (χ4n) is 1.14. The van der Waals surface area contributed by atoms with Crippen LogP contribution in [0.15, 0.2) is 12.1 Å². The van der Waals surface area contributed by atoms with E-state index in [1.165, 1.54) is 19.2 Å². The lowest BCUT2D eigenvalue weighted by molar-refractivity contribution is 0.0878. The van der Waals surface area contributed by atoms with Gasteiger partial charge in [0.2, 0.25) is 5.88 Å². The first-order chi connectivity index (χ1) is 6.22. The number of hydrogen-bond acceptors (Lipinski definition) is 4. The Balaban J connectivity index is 2.58. The van der Waals surface area contributed by atoms with Crippen molar-refractivity contribution in [2.45, 2.75) is 0 Å². The molecule has 1 N–H and O–H groups in total. The maximum atomic E-state index is 11.1. The predicted octanol–water partition coefficient (Wildman–Crippen LogP) is -0.0262. The van der Waals surface area contributed by atoms with Crippen LogP contribution in [-0.2, 0) is 0 Å². The predicted molar refractivity (Wildman–Crippen MR) is 42.6 cm³/mol. The minimum atomic E-state index is -0.473. The summed E-state index contributed by atoms with van der Waals surface area (Å²) in [6.45, 7) is 0. The summed E-state index contributed by atoms with van der Waals surface area (Å²) in [6, 6.07) is 3.05. The highest BCUT2D eigenvalue weighted by molar-refractivity contribution is 6.20. The number of imide groups is 1. The summed E-state index contributed by atoms with van der Waals surface area (Å²) in [7, 11) is 1.45. The second-order valence-electron chi connectivity index (χ2n) is 2.53. The van der Waals surface area contributed by atoms with Gasteiger partial charge in [-0.2, -0.15) is 0 Å². The molecule has 0 radical (unpaired) electrons. The molecule has 2 heterocycles. The van der Waals surface area contributed by atoms with Gasteiger partial charge in [0.1, 0.15) is 5.69 Å². The van der Waals surface area contributed by atoms with Crippen LogP contribution >= 0.6 is 0 Å². The second-order valence-corrected chi connectivity index (χ2v) is 2.53. The molecule has 0 bridgehead atoms. The molecule has 0 aliphatic carbocycles. The summed E-state index contributed by atoms with van der Waals surface area (Å²) in [5, 5.41) is 2.14. The van der Waals surface area contributed by atoms with Gasteiger partial charge in [-0.1, -0.05) is 0 Å². The highest BCUT2D eigenvalue weighted by atomic mass is 16.5. The number of carbonyl (C=O) groups is 2. The number of hydrogen-bond donors (Lipinski definition) is 1. The van der Waals surface area contributed by atoms with Gasteiger partial charge >= 0.3 is 0 Å². The van der Waals surface area contributed by atoms with Crippen molar-refractivity contribution >= 4 is 11.8 Å². The molecule has 0 unspecified atom stereocenters. The van der Waals surface area contributed by atoms with E-state index in [1.807, 2.05) is 0 Å². The van der Waals surface area contributed by atoms with Crippen molar-refractivity contribution in [2.24, 2.45) is 0 Å². The third-order valence-electron chi connectivity index (χ3n) is 1.77.